The minimum absolute atomic E-state index is 0.156. The van der Waals surface area contributed by atoms with Crippen molar-refractivity contribution in [1.29, 1.82) is 0 Å². The lowest BCUT2D eigenvalue weighted by atomic mass is 10.2. The Kier molecular flexibility index (Phi) is 5.18. The van der Waals surface area contributed by atoms with Crippen LogP contribution in [0.4, 0.5) is 16.6 Å². The highest BCUT2D eigenvalue weighted by Gasteiger charge is 2.19. The van der Waals surface area contributed by atoms with Gasteiger partial charge in [-0.15, -0.1) is 11.3 Å². The predicted molar refractivity (Wildman–Crippen MR) is 111 cm³/mol. The molecule has 0 saturated heterocycles. The zero-order valence-corrected chi connectivity index (χ0v) is 16.6. The molecule has 0 radical (unpaired) electrons. The first kappa shape index (κ1) is 18.9. The Morgan fingerprint density at radius 3 is 2.52 bits per heavy atom. The van der Waals surface area contributed by atoms with Gasteiger partial charge in [-0.1, -0.05) is 31.5 Å². The van der Waals surface area contributed by atoms with Crippen LogP contribution in [0, 0.1) is 12.8 Å². The van der Waals surface area contributed by atoms with Crippen molar-refractivity contribution in [2.75, 3.05) is 11.1 Å². The monoisotopic (exact) mass is 385 g/mol. The summed E-state index contributed by atoms with van der Waals surface area (Å²) >= 11 is 1.38. The number of aryl methyl sites for hydroxylation is 1. The molecule has 27 heavy (non-hydrogen) atoms. The average Bonchev–Trinajstić information content (AvgIpc) is 3.07. The molecule has 2 heterocycles. The van der Waals surface area contributed by atoms with E-state index in [1.807, 2.05) is 45.0 Å². The van der Waals surface area contributed by atoms with Gasteiger partial charge in [0.05, 0.1) is 5.69 Å². The van der Waals surface area contributed by atoms with Crippen LogP contribution in [0.25, 0.3) is 11.3 Å². The first-order chi connectivity index (χ1) is 12.8. The Balaban J connectivity index is 2.03. The van der Waals surface area contributed by atoms with E-state index < -0.39 is 11.2 Å². The molecule has 7 nitrogen and oxygen atoms in total. The molecular weight excluding hydrogens is 362 g/mol. The highest BCUT2D eigenvalue weighted by molar-refractivity contribution is 7.14. The lowest BCUT2D eigenvalue weighted by Crippen LogP contribution is -2.41. The van der Waals surface area contributed by atoms with E-state index in [-0.39, 0.29) is 17.3 Å². The van der Waals surface area contributed by atoms with Crippen molar-refractivity contribution in [2.24, 2.45) is 13.0 Å². The average molecular weight is 385 g/mol. The fourth-order valence-electron chi connectivity index (χ4n) is 2.77. The summed E-state index contributed by atoms with van der Waals surface area (Å²) in [7, 11) is 1.46. The molecule has 0 amide bonds. The van der Waals surface area contributed by atoms with Gasteiger partial charge < -0.3 is 11.1 Å². The molecule has 3 aromatic rings. The van der Waals surface area contributed by atoms with Gasteiger partial charge in [0.15, 0.2) is 5.13 Å². The number of nitrogens with one attached hydrogen (secondary N) is 1. The molecule has 0 saturated carbocycles. The summed E-state index contributed by atoms with van der Waals surface area (Å²) in [5, 5.41) is 5.64. The lowest BCUT2D eigenvalue weighted by molar-refractivity contribution is 0.494. The maximum Gasteiger partial charge on any atom is 0.332 e. The van der Waals surface area contributed by atoms with Crippen LogP contribution >= 0.6 is 11.3 Å². The van der Waals surface area contributed by atoms with Crippen molar-refractivity contribution >= 4 is 28.0 Å². The van der Waals surface area contributed by atoms with Gasteiger partial charge in [-0.3, -0.25) is 13.9 Å². The molecule has 1 aromatic carbocycles. The van der Waals surface area contributed by atoms with Crippen LogP contribution in [0.15, 0.2) is 39.2 Å². The summed E-state index contributed by atoms with van der Waals surface area (Å²) in [6, 6.07) is 7.94. The molecule has 0 aliphatic rings. The molecule has 142 valence electrons. The summed E-state index contributed by atoms with van der Waals surface area (Å²) in [6.45, 7) is 6.44. The minimum Gasteiger partial charge on any atom is -0.384 e. The quantitative estimate of drug-likeness (QED) is 0.704. The number of hydrogen-bond donors (Lipinski definition) is 2. The van der Waals surface area contributed by atoms with Gasteiger partial charge in [0.25, 0.3) is 5.56 Å². The van der Waals surface area contributed by atoms with E-state index in [0.29, 0.717) is 17.4 Å². The summed E-state index contributed by atoms with van der Waals surface area (Å²) in [4.78, 5) is 29.6. The smallest absolute Gasteiger partial charge is 0.332 e. The normalized spacial score (nSPS) is 11.1. The van der Waals surface area contributed by atoms with Crippen LogP contribution in [0.1, 0.15) is 19.4 Å². The van der Waals surface area contributed by atoms with Gasteiger partial charge >= 0.3 is 5.69 Å². The van der Waals surface area contributed by atoms with E-state index in [0.717, 1.165) is 10.3 Å². The Morgan fingerprint density at radius 1 is 1.22 bits per heavy atom. The highest BCUT2D eigenvalue weighted by Crippen LogP contribution is 2.28. The van der Waals surface area contributed by atoms with Crippen molar-refractivity contribution in [3.63, 3.8) is 0 Å². The van der Waals surface area contributed by atoms with Crippen molar-refractivity contribution in [1.82, 2.24) is 14.1 Å². The first-order valence-electron chi connectivity index (χ1n) is 8.66. The second kappa shape index (κ2) is 7.40. The molecule has 0 bridgehead atoms. The van der Waals surface area contributed by atoms with Crippen LogP contribution in [-0.4, -0.2) is 14.1 Å². The van der Waals surface area contributed by atoms with E-state index in [9.17, 15) is 9.59 Å². The third-order valence-electron chi connectivity index (χ3n) is 4.19. The summed E-state index contributed by atoms with van der Waals surface area (Å²) in [5.74, 6) is 0.369. The Bertz CT molecular complexity index is 1080. The Labute approximate surface area is 161 Å². The SMILES string of the molecule is Cc1ccc(Nc2nc(-c3c(N)n(CC(C)C)c(=O)n(C)c3=O)cs2)cc1. The minimum atomic E-state index is -0.440. The number of nitrogens with zero attached hydrogens (tertiary/aromatic N) is 3. The van der Waals surface area contributed by atoms with Crippen LogP contribution in [-0.2, 0) is 13.6 Å². The van der Waals surface area contributed by atoms with Crippen molar-refractivity contribution in [2.45, 2.75) is 27.3 Å². The standard InChI is InChI=1S/C19H23N5O2S/c1-11(2)9-24-16(20)15(17(25)23(4)19(24)26)14-10-27-18(22-14)21-13-7-5-12(3)6-8-13/h5-8,10-11H,9,20H2,1-4H3,(H,21,22). The fraction of sp³-hybridized carbons (Fsp3) is 0.316. The van der Waals surface area contributed by atoms with E-state index in [1.54, 1.807) is 5.38 Å². The van der Waals surface area contributed by atoms with Gasteiger partial charge in [0.1, 0.15) is 11.4 Å². The van der Waals surface area contributed by atoms with Gasteiger partial charge in [-0.25, -0.2) is 9.78 Å². The number of thiazole rings is 1. The van der Waals surface area contributed by atoms with Crippen molar-refractivity contribution in [3.05, 3.63) is 56.0 Å². The second-order valence-corrected chi connectivity index (χ2v) is 7.80. The van der Waals surface area contributed by atoms with Crippen molar-refractivity contribution < 1.29 is 0 Å². The number of anilines is 3. The van der Waals surface area contributed by atoms with Gasteiger partial charge in [-0.2, -0.15) is 0 Å². The van der Waals surface area contributed by atoms with E-state index in [2.05, 4.69) is 10.3 Å². The Morgan fingerprint density at radius 2 is 1.89 bits per heavy atom. The van der Waals surface area contributed by atoms with Crippen LogP contribution < -0.4 is 22.3 Å². The molecular formula is C19H23N5O2S. The van der Waals surface area contributed by atoms with Gasteiger partial charge in [0, 0.05) is 24.7 Å². The maximum absolute atomic E-state index is 12.7. The third-order valence-corrected chi connectivity index (χ3v) is 4.95. The predicted octanol–water partition coefficient (Wildman–Crippen LogP) is 2.96. The number of nitrogen functional groups attached to an aromatic ring is 1. The third kappa shape index (κ3) is 3.80. The summed E-state index contributed by atoms with van der Waals surface area (Å²) < 4.78 is 2.52. The molecule has 0 unspecified atom stereocenters. The summed E-state index contributed by atoms with van der Waals surface area (Å²) in [5.41, 5.74) is 8.15. The van der Waals surface area contributed by atoms with E-state index in [4.69, 9.17) is 5.73 Å². The number of hydrogen-bond acceptors (Lipinski definition) is 6. The summed E-state index contributed by atoms with van der Waals surface area (Å²) in [6.07, 6.45) is 0. The van der Waals surface area contributed by atoms with Gasteiger partial charge in [-0.05, 0) is 25.0 Å². The zero-order chi connectivity index (χ0) is 19.7. The molecule has 0 atom stereocenters. The molecule has 8 heteroatoms. The molecule has 0 aliphatic heterocycles. The number of aromatic nitrogens is 3. The largest absolute Gasteiger partial charge is 0.384 e. The molecule has 0 spiro atoms. The maximum atomic E-state index is 12.7. The van der Waals surface area contributed by atoms with E-state index in [1.165, 1.54) is 28.5 Å². The number of rotatable bonds is 5. The topological polar surface area (TPSA) is 94.9 Å². The molecule has 3 rings (SSSR count). The zero-order valence-electron chi connectivity index (χ0n) is 15.8. The molecule has 0 fully saturated rings. The number of nitrogens with two attached hydrogens (primary N) is 1. The molecule has 0 aliphatic carbocycles. The molecule has 3 N–H and O–H groups in total. The van der Waals surface area contributed by atoms with Gasteiger partial charge in [0.2, 0.25) is 0 Å². The number of benzene rings is 1. The van der Waals surface area contributed by atoms with Crippen LogP contribution in [0.2, 0.25) is 0 Å². The fourth-order valence-corrected chi connectivity index (χ4v) is 3.49. The van der Waals surface area contributed by atoms with Crippen molar-refractivity contribution in [3.8, 4) is 11.3 Å². The Hall–Kier alpha value is -2.87. The van der Waals surface area contributed by atoms with E-state index >= 15 is 0 Å². The van der Waals surface area contributed by atoms with Crippen LogP contribution in [0.5, 0.6) is 0 Å². The molecule has 2 aromatic heterocycles. The lowest BCUT2D eigenvalue weighted by Gasteiger charge is -2.15. The second-order valence-electron chi connectivity index (χ2n) is 6.94. The first-order valence-corrected chi connectivity index (χ1v) is 9.54. The van der Waals surface area contributed by atoms with Crippen LogP contribution in [0.3, 0.4) is 0 Å². The highest BCUT2D eigenvalue weighted by atomic mass is 32.1.